The smallest absolute Gasteiger partial charge is 0.142 e. The van der Waals surface area contributed by atoms with Crippen LogP contribution in [0.4, 0.5) is 0 Å². The summed E-state index contributed by atoms with van der Waals surface area (Å²) >= 11 is 0. The summed E-state index contributed by atoms with van der Waals surface area (Å²) in [6.07, 6.45) is 20.7. The average molecular weight is 387 g/mol. The van der Waals surface area contributed by atoms with Gasteiger partial charge in [-0.3, -0.25) is 4.90 Å². The molecule has 0 saturated carbocycles. The van der Waals surface area contributed by atoms with Crippen LogP contribution in [0.2, 0.25) is 0 Å². The molecule has 1 aromatic carbocycles. The normalized spacial score (nSPS) is 14.4. The highest BCUT2D eigenvalue weighted by Gasteiger charge is 2.16. The third-order valence-corrected chi connectivity index (χ3v) is 5.60. The number of unbranched alkanes of at least 4 members (excludes halogenated alkanes) is 9. The molecule has 0 aromatic heterocycles. The second-order valence-corrected chi connectivity index (χ2v) is 8.18. The lowest BCUT2D eigenvalue weighted by molar-refractivity contribution is 0.0983. The molecule has 3 heteroatoms. The van der Waals surface area contributed by atoms with Crippen LogP contribution in [-0.2, 0) is 13.0 Å². The molecule has 0 radical (unpaired) electrons. The minimum atomic E-state index is 0.667. The van der Waals surface area contributed by atoms with Crippen molar-refractivity contribution in [3.63, 3.8) is 0 Å². The number of ether oxygens (including phenoxy) is 1. The quantitative estimate of drug-likeness (QED) is 0.288. The average Bonchev–Trinajstić information content (AvgIpc) is 2.71. The van der Waals surface area contributed by atoms with Crippen LogP contribution in [0.3, 0.4) is 0 Å². The fourth-order valence-electron chi connectivity index (χ4n) is 3.84. The summed E-state index contributed by atoms with van der Waals surface area (Å²) in [6.45, 7) is 5.48. The molecule has 0 fully saturated rings. The molecule has 0 spiro atoms. The van der Waals surface area contributed by atoms with E-state index in [1.54, 1.807) is 0 Å². The summed E-state index contributed by atoms with van der Waals surface area (Å²) in [4.78, 5) is 2.25. The summed E-state index contributed by atoms with van der Waals surface area (Å²) in [7, 11) is 0. The first-order valence-electron chi connectivity index (χ1n) is 11.7. The minimum absolute atomic E-state index is 0.667. The first-order valence-corrected chi connectivity index (χ1v) is 11.7. The van der Waals surface area contributed by atoms with Gasteiger partial charge in [-0.2, -0.15) is 0 Å². The highest BCUT2D eigenvalue weighted by atomic mass is 16.5. The van der Waals surface area contributed by atoms with Crippen molar-refractivity contribution in [1.82, 2.24) is 4.90 Å². The first kappa shape index (κ1) is 23.0. The zero-order chi connectivity index (χ0) is 19.9. The van der Waals surface area contributed by atoms with E-state index in [9.17, 15) is 0 Å². The van der Waals surface area contributed by atoms with Crippen LogP contribution in [0.25, 0.3) is 0 Å². The zero-order valence-electron chi connectivity index (χ0n) is 18.1. The summed E-state index contributed by atoms with van der Waals surface area (Å²) in [5, 5.41) is 0. The number of nitrogens with two attached hydrogens (primary N) is 1. The monoisotopic (exact) mass is 386 g/mol. The zero-order valence-corrected chi connectivity index (χ0v) is 18.1. The molecule has 0 aliphatic carbocycles. The predicted octanol–water partition coefficient (Wildman–Crippen LogP) is 6.21. The van der Waals surface area contributed by atoms with Crippen molar-refractivity contribution in [3.8, 4) is 5.75 Å². The van der Waals surface area contributed by atoms with Crippen LogP contribution in [0.1, 0.15) is 88.7 Å². The van der Waals surface area contributed by atoms with Crippen LogP contribution < -0.4 is 10.5 Å². The largest absolute Gasteiger partial charge is 0.478 e. The molecule has 2 N–H and O–H groups in total. The van der Waals surface area contributed by atoms with Crippen molar-refractivity contribution >= 4 is 0 Å². The van der Waals surface area contributed by atoms with Crippen molar-refractivity contribution in [2.24, 2.45) is 5.73 Å². The Balaban J connectivity index is 1.50. The van der Waals surface area contributed by atoms with Gasteiger partial charge in [-0.1, -0.05) is 69.7 Å². The van der Waals surface area contributed by atoms with E-state index >= 15 is 0 Å². The van der Waals surface area contributed by atoms with Gasteiger partial charge in [0, 0.05) is 25.2 Å². The third kappa shape index (κ3) is 9.25. The molecule has 0 atom stereocenters. The van der Waals surface area contributed by atoms with Gasteiger partial charge in [0.05, 0.1) is 0 Å². The van der Waals surface area contributed by atoms with Crippen molar-refractivity contribution < 1.29 is 4.74 Å². The Bertz CT molecular complexity index is 555. The van der Waals surface area contributed by atoms with Gasteiger partial charge >= 0.3 is 0 Å². The van der Waals surface area contributed by atoms with E-state index in [-0.39, 0.29) is 0 Å². The Hall–Kier alpha value is -1.32. The lowest BCUT2D eigenvalue weighted by Gasteiger charge is -2.28. The van der Waals surface area contributed by atoms with Crippen molar-refractivity contribution in [1.29, 1.82) is 0 Å². The number of allylic oxidation sites excluding steroid dienone is 2. The number of aryl methyl sites for hydroxylation is 1. The van der Waals surface area contributed by atoms with Gasteiger partial charge in [0.15, 0.2) is 0 Å². The Morgan fingerprint density at radius 1 is 0.964 bits per heavy atom. The molecule has 28 heavy (non-hydrogen) atoms. The Morgan fingerprint density at radius 2 is 1.68 bits per heavy atom. The second-order valence-electron chi connectivity index (χ2n) is 8.18. The molecule has 0 bridgehead atoms. The van der Waals surface area contributed by atoms with Crippen LogP contribution in [-0.4, -0.2) is 24.7 Å². The van der Waals surface area contributed by atoms with Crippen molar-refractivity contribution in [2.45, 2.75) is 90.5 Å². The second kappa shape index (κ2) is 14.6. The van der Waals surface area contributed by atoms with Crippen LogP contribution in [0.15, 0.2) is 30.4 Å². The highest BCUT2D eigenvalue weighted by molar-refractivity contribution is 5.38. The van der Waals surface area contributed by atoms with Gasteiger partial charge in [0.2, 0.25) is 0 Å². The standard InChI is InChI=1S/C25H42N2O/c1-2-3-4-5-6-7-8-9-10-11-12-13-14-15-23-16-17-24-21-27(19-18-26)22-28-25(24)20-23/h7-8,16-17,20H,2-6,9-15,18-19,21-22,26H2,1H3/b8-7+. The molecule has 0 saturated heterocycles. The maximum atomic E-state index is 5.91. The molecule has 1 aliphatic heterocycles. The molecule has 0 unspecified atom stereocenters. The number of hydrogen-bond donors (Lipinski definition) is 1. The van der Waals surface area contributed by atoms with E-state index in [1.165, 1.54) is 88.2 Å². The van der Waals surface area contributed by atoms with E-state index in [0.717, 1.165) is 18.8 Å². The van der Waals surface area contributed by atoms with E-state index in [1.807, 2.05) is 0 Å². The number of hydrogen-bond acceptors (Lipinski definition) is 3. The molecular weight excluding hydrogens is 344 g/mol. The van der Waals surface area contributed by atoms with Crippen LogP contribution in [0.5, 0.6) is 5.75 Å². The number of rotatable bonds is 15. The molecule has 1 heterocycles. The van der Waals surface area contributed by atoms with Crippen LogP contribution >= 0.6 is 0 Å². The topological polar surface area (TPSA) is 38.5 Å². The SMILES string of the molecule is CCCCCC/C=C/CCCCCCCc1ccc2c(c1)OCN(CCN)C2. The van der Waals surface area contributed by atoms with Crippen molar-refractivity contribution in [3.05, 3.63) is 41.5 Å². The van der Waals surface area contributed by atoms with Crippen LogP contribution in [0, 0.1) is 0 Å². The minimum Gasteiger partial charge on any atom is -0.478 e. The number of nitrogens with zero attached hydrogens (tertiary/aromatic N) is 1. The fourth-order valence-corrected chi connectivity index (χ4v) is 3.84. The molecule has 158 valence electrons. The Morgan fingerprint density at radius 3 is 2.43 bits per heavy atom. The third-order valence-electron chi connectivity index (χ3n) is 5.60. The molecule has 3 nitrogen and oxygen atoms in total. The lowest BCUT2D eigenvalue weighted by atomic mass is 10.0. The molecule has 1 aromatic rings. The predicted molar refractivity (Wildman–Crippen MR) is 121 cm³/mol. The summed E-state index contributed by atoms with van der Waals surface area (Å²) < 4.78 is 5.91. The van der Waals surface area contributed by atoms with Gasteiger partial charge in [0.1, 0.15) is 12.5 Å². The van der Waals surface area contributed by atoms with Gasteiger partial charge in [-0.15, -0.1) is 0 Å². The maximum Gasteiger partial charge on any atom is 0.142 e. The highest BCUT2D eigenvalue weighted by Crippen LogP contribution is 2.26. The van der Waals surface area contributed by atoms with Gasteiger partial charge in [-0.05, 0) is 50.2 Å². The number of benzene rings is 1. The molecule has 0 amide bonds. The first-order chi connectivity index (χ1) is 13.8. The van der Waals surface area contributed by atoms with Crippen molar-refractivity contribution in [2.75, 3.05) is 19.8 Å². The summed E-state index contributed by atoms with van der Waals surface area (Å²) in [5.74, 6) is 1.08. The molecular formula is C25H42N2O. The molecule has 2 rings (SSSR count). The van der Waals surface area contributed by atoms with E-state index in [0.29, 0.717) is 13.3 Å². The Labute approximate surface area is 173 Å². The lowest BCUT2D eigenvalue weighted by Crippen LogP contribution is -2.35. The van der Waals surface area contributed by atoms with Gasteiger partial charge < -0.3 is 10.5 Å². The fraction of sp³-hybridized carbons (Fsp3) is 0.680. The van der Waals surface area contributed by atoms with Gasteiger partial charge in [0.25, 0.3) is 0 Å². The van der Waals surface area contributed by atoms with E-state index < -0.39 is 0 Å². The maximum absolute atomic E-state index is 5.91. The van der Waals surface area contributed by atoms with Gasteiger partial charge in [-0.25, -0.2) is 0 Å². The van der Waals surface area contributed by atoms with E-state index in [4.69, 9.17) is 10.5 Å². The summed E-state index contributed by atoms with van der Waals surface area (Å²) in [5.41, 5.74) is 8.35. The van der Waals surface area contributed by atoms with E-state index in [2.05, 4.69) is 42.2 Å². The Kier molecular flexibility index (Phi) is 12.0. The summed E-state index contributed by atoms with van der Waals surface area (Å²) in [6, 6.07) is 6.77. The number of fused-ring (bicyclic) bond motifs is 1. The molecule has 1 aliphatic rings.